The molecule has 0 heterocycles. The lowest BCUT2D eigenvalue weighted by molar-refractivity contribution is 0.163. The van der Waals surface area contributed by atoms with E-state index in [2.05, 4.69) is 12.2 Å². The average Bonchev–Trinajstić information content (AvgIpc) is 2.96. The van der Waals surface area contributed by atoms with E-state index in [9.17, 15) is 13.9 Å². The van der Waals surface area contributed by atoms with Gasteiger partial charge in [-0.3, -0.25) is 0 Å². The molecular formula is C13H17F2NO. The van der Waals surface area contributed by atoms with Crippen LogP contribution in [0.15, 0.2) is 18.2 Å². The van der Waals surface area contributed by atoms with Crippen LogP contribution < -0.4 is 5.32 Å². The SMILES string of the molecule is CC1(CNCC(O)c2c(F)cccc2F)CC1. The van der Waals surface area contributed by atoms with Gasteiger partial charge in [0, 0.05) is 13.1 Å². The van der Waals surface area contributed by atoms with Crippen molar-refractivity contribution in [2.24, 2.45) is 5.41 Å². The molecule has 0 spiro atoms. The quantitative estimate of drug-likeness (QED) is 0.829. The minimum absolute atomic E-state index is 0.174. The highest BCUT2D eigenvalue weighted by Gasteiger charge is 2.36. The number of benzene rings is 1. The van der Waals surface area contributed by atoms with Gasteiger partial charge in [0.1, 0.15) is 11.6 Å². The summed E-state index contributed by atoms with van der Waals surface area (Å²) in [6.45, 7) is 3.10. The minimum Gasteiger partial charge on any atom is -0.387 e. The molecule has 1 saturated carbocycles. The van der Waals surface area contributed by atoms with Crippen LogP contribution in [0.5, 0.6) is 0 Å². The molecule has 2 nitrogen and oxygen atoms in total. The first kappa shape index (κ1) is 12.5. The molecule has 1 aliphatic carbocycles. The second-order valence-electron chi connectivity index (χ2n) is 5.09. The van der Waals surface area contributed by atoms with Crippen molar-refractivity contribution in [3.05, 3.63) is 35.4 Å². The van der Waals surface area contributed by atoms with E-state index in [-0.39, 0.29) is 12.1 Å². The van der Waals surface area contributed by atoms with Crippen molar-refractivity contribution in [1.29, 1.82) is 0 Å². The summed E-state index contributed by atoms with van der Waals surface area (Å²) in [6.07, 6.45) is 1.20. The molecule has 1 fully saturated rings. The Labute approximate surface area is 99.7 Å². The Bertz CT molecular complexity index is 384. The molecule has 0 saturated heterocycles. The number of hydrogen-bond acceptors (Lipinski definition) is 2. The van der Waals surface area contributed by atoms with Crippen molar-refractivity contribution < 1.29 is 13.9 Å². The van der Waals surface area contributed by atoms with Gasteiger partial charge in [-0.15, -0.1) is 0 Å². The highest BCUT2D eigenvalue weighted by molar-refractivity contribution is 5.22. The van der Waals surface area contributed by atoms with E-state index in [0.717, 1.165) is 18.7 Å². The Kier molecular flexibility index (Phi) is 3.45. The number of aliphatic hydroxyl groups is 1. The zero-order chi connectivity index (χ0) is 12.5. The maximum Gasteiger partial charge on any atom is 0.131 e. The smallest absolute Gasteiger partial charge is 0.131 e. The van der Waals surface area contributed by atoms with Gasteiger partial charge in [0.05, 0.1) is 11.7 Å². The third-order valence-electron chi connectivity index (χ3n) is 3.33. The first-order valence-electron chi connectivity index (χ1n) is 5.84. The number of rotatable bonds is 5. The topological polar surface area (TPSA) is 32.3 Å². The van der Waals surface area contributed by atoms with Crippen molar-refractivity contribution in [2.45, 2.75) is 25.9 Å². The fraction of sp³-hybridized carbons (Fsp3) is 0.538. The summed E-state index contributed by atoms with van der Waals surface area (Å²) in [4.78, 5) is 0. The van der Waals surface area contributed by atoms with E-state index in [1.807, 2.05) is 0 Å². The zero-order valence-corrected chi connectivity index (χ0v) is 9.84. The molecule has 2 N–H and O–H groups in total. The molecule has 4 heteroatoms. The summed E-state index contributed by atoms with van der Waals surface area (Å²) in [5.74, 6) is -1.39. The summed E-state index contributed by atoms with van der Waals surface area (Å²) in [5, 5.41) is 12.8. The first-order chi connectivity index (χ1) is 8.02. The highest BCUT2D eigenvalue weighted by Crippen LogP contribution is 2.44. The Balaban J connectivity index is 1.92. The van der Waals surface area contributed by atoms with Gasteiger partial charge in [0.15, 0.2) is 0 Å². The van der Waals surface area contributed by atoms with Crippen LogP contribution in [-0.2, 0) is 0 Å². The van der Waals surface area contributed by atoms with E-state index in [1.165, 1.54) is 18.9 Å². The maximum absolute atomic E-state index is 13.3. The Morgan fingerprint density at radius 1 is 1.35 bits per heavy atom. The van der Waals surface area contributed by atoms with Crippen LogP contribution in [0.4, 0.5) is 8.78 Å². The van der Waals surface area contributed by atoms with Gasteiger partial charge < -0.3 is 10.4 Å². The fourth-order valence-corrected chi connectivity index (χ4v) is 1.83. The van der Waals surface area contributed by atoms with Crippen LogP contribution in [0.3, 0.4) is 0 Å². The lowest BCUT2D eigenvalue weighted by atomic mass is 10.1. The molecule has 0 radical (unpaired) electrons. The van der Waals surface area contributed by atoms with Gasteiger partial charge in [-0.1, -0.05) is 13.0 Å². The molecule has 0 bridgehead atoms. The van der Waals surface area contributed by atoms with Crippen LogP contribution in [0.25, 0.3) is 0 Å². The fourth-order valence-electron chi connectivity index (χ4n) is 1.83. The van der Waals surface area contributed by atoms with Crippen LogP contribution in [0.2, 0.25) is 0 Å². The molecule has 1 aromatic carbocycles. The second kappa shape index (κ2) is 4.70. The van der Waals surface area contributed by atoms with Crippen molar-refractivity contribution >= 4 is 0 Å². The highest BCUT2D eigenvalue weighted by atomic mass is 19.1. The van der Waals surface area contributed by atoms with Gasteiger partial charge in [-0.2, -0.15) is 0 Å². The van der Waals surface area contributed by atoms with Gasteiger partial charge >= 0.3 is 0 Å². The van der Waals surface area contributed by atoms with Gasteiger partial charge in [0.25, 0.3) is 0 Å². The summed E-state index contributed by atoms with van der Waals surface area (Å²) < 4.78 is 26.7. The van der Waals surface area contributed by atoms with E-state index in [1.54, 1.807) is 0 Å². The van der Waals surface area contributed by atoms with Crippen LogP contribution in [0, 0.1) is 17.0 Å². The molecule has 17 heavy (non-hydrogen) atoms. The standard InChI is InChI=1S/C13H17F2NO/c1-13(5-6-13)8-16-7-11(17)12-9(14)3-2-4-10(12)15/h2-4,11,16-17H,5-8H2,1H3. The van der Waals surface area contributed by atoms with Gasteiger partial charge in [-0.05, 0) is 30.4 Å². The second-order valence-corrected chi connectivity index (χ2v) is 5.09. The lowest BCUT2D eigenvalue weighted by Gasteiger charge is -2.15. The number of halogens is 2. The minimum atomic E-state index is -1.14. The van der Waals surface area contributed by atoms with Crippen LogP contribution in [0.1, 0.15) is 31.4 Å². The van der Waals surface area contributed by atoms with Crippen molar-refractivity contribution in [3.8, 4) is 0 Å². The van der Waals surface area contributed by atoms with Crippen molar-refractivity contribution in [2.75, 3.05) is 13.1 Å². The van der Waals surface area contributed by atoms with Gasteiger partial charge in [0.2, 0.25) is 0 Å². The number of nitrogens with one attached hydrogen (secondary N) is 1. The van der Waals surface area contributed by atoms with E-state index in [4.69, 9.17) is 0 Å². The normalized spacial score (nSPS) is 19.1. The molecule has 94 valence electrons. The largest absolute Gasteiger partial charge is 0.387 e. The molecule has 0 aromatic heterocycles. The lowest BCUT2D eigenvalue weighted by Crippen LogP contribution is -2.27. The van der Waals surface area contributed by atoms with E-state index < -0.39 is 17.7 Å². The number of aliphatic hydroxyl groups excluding tert-OH is 1. The average molecular weight is 241 g/mol. The summed E-state index contributed by atoms with van der Waals surface area (Å²) in [6, 6.07) is 3.60. The van der Waals surface area contributed by atoms with Crippen LogP contribution in [-0.4, -0.2) is 18.2 Å². The zero-order valence-electron chi connectivity index (χ0n) is 9.84. The number of hydrogen-bond donors (Lipinski definition) is 2. The Morgan fingerprint density at radius 3 is 2.47 bits per heavy atom. The molecule has 1 aliphatic rings. The molecule has 1 aromatic rings. The molecule has 2 rings (SSSR count). The van der Waals surface area contributed by atoms with Crippen molar-refractivity contribution in [1.82, 2.24) is 5.32 Å². The Morgan fingerprint density at radius 2 is 1.94 bits per heavy atom. The summed E-state index contributed by atoms with van der Waals surface area (Å²) in [7, 11) is 0. The predicted molar refractivity (Wildman–Crippen MR) is 61.5 cm³/mol. The third kappa shape index (κ3) is 3.01. The predicted octanol–water partition coefficient (Wildman–Crippen LogP) is 2.39. The molecule has 1 unspecified atom stereocenters. The summed E-state index contributed by atoms with van der Waals surface area (Å²) in [5.41, 5.74) is 0.0639. The molecule has 0 aliphatic heterocycles. The third-order valence-corrected chi connectivity index (χ3v) is 3.33. The van der Waals surface area contributed by atoms with Gasteiger partial charge in [-0.25, -0.2) is 8.78 Å². The van der Waals surface area contributed by atoms with E-state index >= 15 is 0 Å². The summed E-state index contributed by atoms with van der Waals surface area (Å²) >= 11 is 0. The van der Waals surface area contributed by atoms with Crippen LogP contribution >= 0.6 is 0 Å². The molecule has 1 atom stereocenters. The maximum atomic E-state index is 13.3. The first-order valence-corrected chi connectivity index (χ1v) is 5.84. The van der Waals surface area contributed by atoms with E-state index in [0.29, 0.717) is 5.41 Å². The Hall–Kier alpha value is -1.00. The molecule has 0 amide bonds. The van der Waals surface area contributed by atoms with Crippen molar-refractivity contribution in [3.63, 3.8) is 0 Å². The monoisotopic (exact) mass is 241 g/mol. The molecular weight excluding hydrogens is 224 g/mol.